The Morgan fingerprint density at radius 1 is 1.14 bits per heavy atom. The van der Waals surface area contributed by atoms with Crippen LogP contribution in [0.1, 0.15) is 22.6 Å². The summed E-state index contributed by atoms with van der Waals surface area (Å²) in [5.41, 5.74) is 2.72. The van der Waals surface area contributed by atoms with Crippen LogP contribution in [-0.4, -0.2) is 60.6 Å². The molecule has 28 heavy (non-hydrogen) atoms. The van der Waals surface area contributed by atoms with Crippen molar-refractivity contribution in [2.24, 2.45) is 0 Å². The van der Waals surface area contributed by atoms with Gasteiger partial charge in [-0.3, -0.25) is 4.79 Å². The number of aryl methyl sites for hydroxylation is 4. The molecule has 0 N–H and O–H groups in total. The zero-order valence-corrected chi connectivity index (χ0v) is 18.2. The number of thioether (sulfide) groups is 1. The van der Waals surface area contributed by atoms with E-state index in [1.54, 1.807) is 18.7 Å². The fourth-order valence-corrected chi connectivity index (χ4v) is 5.97. The first-order chi connectivity index (χ1) is 13.2. The summed E-state index contributed by atoms with van der Waals surface area (Å²) in [4.78, 5) is 15.5. The predicted molar refractivity (Wildman–Crippen MR) is 108 cm³/mol. The van der Waals surface area contributed by atoms with E-state index in [4.69, 9.17) is 4.52 Å². The number of benzene rings is 1. The van der Waals surface area contributed by atoms with Gasteiger partial charge in [0.05, 0.1) is 5.75 Å². The number of hydrogen-bond acceptors (Lipinski definition) is 6. The molecule has 2 heterocycles. The number of rotatable bonds is 5. The zero-order valence-electron chi connectivity index (χ0n) is 16.6. The average Bonchev–Trinajstić information content (AvgIpc) is 3.00. The van der Waals surface area contributed by atoms with E-state index in [9.17, 15) is 13.2 Å². The van der Waals surface area contributed by atoms with E-state index in [0.717, 1.165) is 10.5 Å². The van der Waals surface area contributed by atoms with Gasteiger partial charge >= 0.3 is 0 Å². The van der Waals surface area contributed by atoms with E-state index < -0.39 is 10.0 Å². The highest BCUT2D eigenvalue weighted by molar-refractivity contribution is 8.00. The topological polar surface area (TPSA) is 83.7 Å². The van der Waals surface area contributed by atoms with Crippen molar-refractivity contribution in [1.29, 1.82) is 0 Å². The van der Waals surface area contributed by atoms with Crippen molar-refractivity contribution in [3.05, 3.63) is 40.8 Å². The molecule has 1 aromatic carbocycles. The molecule has 0 radical (unpaired) electrons. The minimum Gasteiger partial charge on any atom is -0.360 e. The van der Waals surface area contributed by atoms with Gasteiger partial charge in [-0.05, 0) is 39.3 Å². The van der Waals surface area contributed by atoms with Gasteiger partial charge in [-0.1, -0.05) is 22.9 Å². The molecule has 152 valence electrons. The number of carbonyl (C=O) groups is 1. The minimum absolute atomic E-state index is 0.0272. The largest absolute Gasteiger partial charge is 0.360 e. The van der Waals surface area contributed by atoms with Crippen LogP contribution >= 0.6 is 11.8 Å². The molecule has 0 bridgehead atoms. The van der Waals surface area contributed by atoms with Crippen molar-refractivity contribution in [3.8, 4) is 0 Å². The minimum atomic E-state index is -3.66. The molecule has 0 aliphatic carbocycles. The number of hydrogen-bond donors (Lipinski definition) is 0. The summed E-state index contributed by atoms with van der Waals surface area (Å²) in [6, 6.07) is 6.18. The Morgan fingerprint density at radius 2 is 1.82 bits per heavy atom. The summed E-state index contributed by atoms with van der Waals surface area (Å²) >= 11 is 1.52. The van der Waals surface area contributed by atoms with E-state index in [2.05, 4.69) is 11.2 Å². The fraction of sp³-hybridized carbons (Fsp3) is 0.474. The lowest BCUT2D eigenvalue weighted by Gasteiger charge is -2.33. The van der Waals surface area contributed by atoms with Crippen LogP contribution in [0, 0.1) is 27.7 Å². The molecule has 0 saturated carbocycles. The van der Waals surface area contributed by atoms with Crippen molar-refractivity contribution >= 4 is 27.7 Å². The van der Waals surface area contributed by atoms with Crippen LogP contribution in [0.15, 0.2) is 32.5 Å². The van der Waals surface area contributed by atoms with Crippen LogP contribution in [-0.2, 0) is 14.8 Å². The monoisotopic (exact) mass is 423 g/mol. The van der Waals surface area contributed by atoms with Gasteiger partial charge in [-0.15, -0.1) is 11.8 Å². The van der Waals surface area contributed by atoms with Crippen LogP contribution in [0.25, 0.3) is 0 Å². The van der Waals surface area contributed by atoms with Crippen LogP contribution in [0.3, 0.4) is 0 Å². The molecular formula is C19H25N3O4S2. The van der Waals surface area contributed by atoms with E-state index in [1.165, 1.54) is 21.6 Å². The normalized spacial score (nSPS) is 15.8. The highest BCUT2D eigenvalue weighted by Crippen LogP contribution is 2.26. The van der Waals surface area contributed by atoms with E-state index in [0.29, 0.717) is 30.3 Å². The maximum absolute atomic E-state index is 12.9. The lowest BCUT2D eigenvalue weighted by Crippen LogP contribution is -2.51. The Kier molecular flexibility index (Phi) is 6.16. The van der Waals surface area contributed by atoms with Gasteiger partial charge in [0, 0.05) is 31.1 Å². The summed E-state index contributed by atoms with van der Waals surface area (Å²) in [6.07, 6.45) is 0. The van der Waals surface area contributed by atoms with Crippen molar-refractivity contribution in [3.63, 3.8) is 0 Å². The number of carbonyl (C=O) groups excluding carboxylic acids is 1. The molecule has 0 atom stereocenters. The molecule has 1 amide bonds. The molecule has 1 saturated heterocycles. The number of aromatic nitrogens is 1. The fourth-order valence-electron chi connectivity index (χ4n) is 3.34. The lowest BCUT2D eigenvalue weighted by molar-refractivity contribution is -0.129. The van der Waals surface area contributed by atoms with Gasteiger partial charge in [-0.25, -0.2) is 8.42 Å². The SMILES string of the molecule is Cc1ccc(SCC(=O)N2CCN(S(=O)(=O)c3c(C)noc3C)CC2)c(C)c1. The van der Waals surface area contributed by atoms with Gasteiger partial charge in [0.1, 0.15) is 10.6 Å². The van der Waals surface area contributed by atoms with Gasteiger partial charge in [0.25, 0.3) is 0 Å². The van der Waals surface area contributed by atoms with Gasteiger partial charge in [0.15, 0.2) is 5.76 Å². The maximum atomic E-state index is 12.9. The molecule has 0 unspecified atom stereocenters. The Morgan fingerprint density at radius 3 is 2.39 bits per heavy atom. The zero-order chi connectivity index (χ0) is 20.5. The average molecular weight is 424 g/mol. The van der Waals surface area contributed by atoms with Crippen LogP contribution < -0.4 is 0 Å². The van der Waals surface area contributed by atoms with Crippen LogP contribution in [0.5, 0.6) is 0 Å². The Bertz CT molecular complexity index is 958. The van der Waals surface area contributed by atoms with Gasteiger partial charge in [-0.2, -0.15) is 4.31 Å². The molecule has 0 spiro atoms. The molecule has 2 aromatic rings. The highest BCUT2D eigenvalue weighted by atomic mass is 32.2. The third-order valence-electron chi connectivity index (χ3n) is 4.84. The first-order valence-corrected chi connectivity index (χ1v) is 11.5. The van der Waals surface area contributed by atoms with Crippen molar-refractivity contribution in [1.82, 2.24) is 14.4 Å². The van der Waals surface area contributed by atoms with Gasteiger partial charge in [0.2, 0.25) is 15.9 Å². The molecule has 1 fully saturated rings. The van der Waals surface area contributed by atoms with E-state index in [-0.39, 0.29) is 23.9 Å². The maximum Gasteiger partial charge on any atom is 0.248 e. The Labute approximate surface area is 170 Å². The third kappa shape index (κ3) is 4.26. The van der Waals surface area contributed by atoms with Crippen LogP contribution in [0.2, 0.25) is 0 Å². The Hall–Kier alpha value is -1.84. The first kappa shape index (κ1) is 20.9. The summed E-state index contributed by atoms with van der Waals surface area (Å²) < 4.78 is 32.1. The highest BCUT2D eigenvalue weighted by Gasteiger charge is 2.34. The van der Waals surface area contributed by atoms with Crippen LogP contribution in [0.4, 0.5) is 0 Å². The molecule has 9 heteroatoms. The number of nitrogens with zero attached hydrogens (tertiary/aromatic N) is 3. The summed E-state index contributed by atoms with van der Waals surface area (Å²) in [7, 11) is -3.66. The smallest absolute Gasteiger partial charge is 0.248 e. The van der Waals surface area contributed by atoms with Crippen molar-refractivity contribution in [2.75, 3.05) is 31.9 Å². The third-order valence-corrected chi connectivity index (χ3v) is 8.14. The second-order valence-electron chi connectivity index (χ2n) is 7.00. The van der Waals surface area contributed by atoms with Crippen molar-refractivity contribution < 1.29 is 17.7 Å². The summed E-state index contributed by atoms with van der Waals surface area (Å²) in [5, 5.41) is 3.74. The van der Waals surface area contributed by atoms with E-state index >= 15 is 0 Å². The molecule has 1 aliphatic rings. The second kappa shape index (κ2) is 8.26. The molecule has 1 aliphatic heterocycles. The second-order valence-corrected chi connectivity index (χ2v) is 9.89. The lowest BCUT2D eigenvalue weighted by atomic mass is 10.2. The molecular weight excluding hydrogens is 398 g/mol. The summed E-state index contributed by atoms with van der Waals surface area (Å²) in [5.74, 6) is 0.667. The Balaban J connectivity index is 1.58. The number of piperazine rings is 1. The number of sulfonamides is 1. The summed E-state index contributed by atoms with van der Waals surface area (Å²) in [6.45, 7) is 8.60. The molecule has 7 nitrogen and oxygen atoms in total. The molecule has 3 rings (SSSR count). The van der Waals surface area contributed by atoms with Crippen molar-refractivity contribution in [2.45, 2.75) is 37.5 Å². The predicted octanol–water partition coefficient (Wildman–Crippen LogP) is 2.53. The standard InChI is InChI=1S/C19H25N3O4S2/c1-13-5-6-17(14(2)11-13)27-12-18(23)21-7-9-22(10-8-21)28(24,25)19-15(3)20-26-16(19)4/h5-6,11H,7-10,12H2,1-4H3. The number of amides is 1. The first-order valence-electron chi connectivity index (χ1n) is 9.11. The molecule has 1 aromatic heterocycles. The quantitative estimate of drug-likeness (QED) is 0.687. The van der Waals surface area contributed by atoms with Gasteiger partial charge < -0.3 is 9.42 Å². The van der Waals surface area contributed by atoms with E-state index in [1.807, 2.05) is 26.0 Å².